The van der Waals surface area contributed by atoms with Crippen molar-refractivity contribution in [2.24, 2.45) is 0 Å². The molecule has 0 radical (unpaired) electrons. The van der Waals surface area contributed by atoms with Crippen molar-refractivity contribution in [2.75, 3.05) is 5.75 Å². The van der Waals surface area contributed by atoms with Gasteiger partial charge in [-0.3, -0.25) is 0 Å². The molecule has 1 N–H and O–H groups in total. The molecular formula is C9H9BrO2S. The summed E-state index contributed by atoms with van der Waals surface area (Å²) >= 11 is 4.84. The van der Waals surface area contributed by atoms with Crippen molar-refractivity contribution in [3.8, 4) is 0 Å². The molecule has 1 rings (SSSR count). The summed E-state index contributed by atoms with van der Waals surface area (Å²) in [6.45, 7) is 2.00. The number of benzene rings is 1. The van der Waals surface area contributed by atoms with Gasteiger partial charge in [0, 0.05) is 9.37 Å². The Morgan fingerprint density at radius 1 is 1.62 bits per heavy atom. The van der Waals surface area contributed by atoms with Gasteiger partial charge in [0.25, 0.3) is 0 Å². The Labute approximate surface area is 89.5 Å². The summed E-state index contributed by atoms with van der Waals surface area (Å²) in [4.78, 5) is 11.6. The molecule has 0 unspecified atom stereocenters. The molecule has 4 heteroatoms. The lowest BCUT2D eigenvalue weighted by Crippen LogP contribution is -1.98. The summed E-state index contributed by atoms with van der Waals surface area (Å²) in [5, 5.41) is 8.85. The smallest absolute Gasteiger partial charge is 0.336 e. The van der Waals surface area contributed by atoms with Gasteiger partial charge < -0.3 is 5.11 Å². The highest BCUT2D eigenvalue weighted by Gasteiger charge is 2.09. The van der Waals surface area contributed by atoms with Crippen LogP contribution in [0.1, 0.15) is 17.3 Å². The lowest BCUT2D eigenvalue weighted by Gasteiger charge is -2.03. The minimum Gasteiger partial charge on any atom is -0.478 e. The van der Waals surface area contributed by atoms with Gasteiger partial charge in [0.05, 0.1) is 5.56 Å². The summed E-state index contributed by atoms with van der Waals surface area (Å²) in [5.74, 6) is -0.0000463. The second-order valence-electron chi connectivity index (χ2n) is 2.38. The van der Waals surface area contributed by atoms with E-state index in [-0.39, 0.29) is 0 Å². The van der Waals surface area contributed by atoms with E-state index in [0.29, 0.717) is 5.56 Å². The Kier molecular flexibility index (Phi) is 3.81. The molecule has 0 fully saturated rings. The highest BCUT2D eigenvalue weighted by atomic mass is 79.9. The van der Waals surface area contributed by atoms with E-state index in [9.17, 15) is 4.79 Å². The average molecular weight is 261 g/mol. The van der Waals surface area contributed by atoms with Crippen LogP contribution in [0.25, 0.3) is 0 Å². The van der Waals surface area contributed by atoms with Crippen LogP contribution < -0.4 is 0 Å². The van der Waals surface area contributed by atoms with Crippen LogP contribution in [0.2, 0.25) is 0 Å². The number of hydrogen-bond acceptors (Lipinski definition) is 2. The molecule has 0 amide bonds. The zero-order chi connectivity index (χ0) is 9.84. The van der Waals surface area contributed by atoms with E-state index in [1.807, 2.05) is 13.0 Å². The van der Waals surface area contributed by atoms with Crippen LogP contribution in [0.4, 0.5) is 0 Å². The quantitative estimate of drug-likeness (QED) is 0.848. The van der Waals surface area contributed by atoms with Gasteiger partial charge in [0.2, 0.25) is 0 Å². The Morgan fingerprint density at radius 2 is 2.31 bits per heavy atom. The SMILES string of the molecule is CCSc1cc(Br)ccc1C(=O)O. The van der Waals surface area contributed by atoms with E-state index in [2.05, 4.69) is 15.9 Å². The first-order chi connectivity index (χ1) is 6.15. The molecule has 1 aromatic rings. The molecule has 0 saturated carbocycles. The van der Waals surface area contributed by atoms with Crippen molar-refractivity contribution in [2.45, 2.75) is 11.8 Å². The van der Waals surface area contributed by atoms with Crippen LogP contribution in [0, 0.1) is 0 Å². The molecular weight excluding hydrogens is 252 g/mol. The van der Waals surface area contributed by atoms with Crippen LogP contribution in [-0.2, 0) is 0 Å². The summed E-state index contributed by atoms with van der Waals surface area (Å²) in [6, 6.07) is 5.19. The molecule has 0 aromatic heterocycles. The van der Waals surface area contributed by atoms with Gasteiger partial charge in [-0.15, -0.1) is 11.8 Å². The third-order valence-electron chi connectivity index (χ3n) is 1.47. The Morgan fingerprint density at radius 3 is 2.85 bits per heavy atom. The first-order valence-electron chi connectivity index (χ1n) is 3.80. The fraction of sp³-hybridized carbons (Fsp3) is 0.222. The van der Waals surface area contributed by atoms with Crippen molar-refractivity contribution in [3.05, 3.63) is 28.2 Å². The van der Waals surface area contributed by atoms with Crippen molar-refractivity contribution in [1.29, 1.82) is 0 Å². The predicted molar refractivity (Wildman–Crippen MR) is 57.5 cm³/mol. The molecule has 70 valence electrons. The number of carbonyl (C=O) groups is 1. The van der Waals surface area contributed by atoms with Crippen LogP contribution in [0.5, 0.6) is 0 Å². The number of halogens is 1. The van der Waals surface area contributed by atoms with Crippen LogP contribution in [0.3, 0.4) is 0 Å². The Balaban J connectivity index is 3.10. The number of carboxylic acid groups (broad SMARTS) is 1. The minimum absolute atomic E-state index is 0.370. The molecule has 1 aromatic carbocycles. The number of aromatic carboxylic acids is 1. The highest BCUT2D eigenvalue weighted by molar-refractivity contribution is 9.10. The lowest BCUT2D eigenvalue weighted by molar-refractivity contribution is 0.0693. The van der Waals surface area contributed by atoms with Gasteiger partial charge in [-0.05, 0) is 24.0 Å². The molecule has 13 heavy (non-hydrogen) atoms. The maximum absolute atomic E-state index is 10.8. The van der Waals surface area contributed by atoms with E-state index < -0.39 is 5.97 Å². The Bertz CT molecular complexity index is 325. The van der Waals surface area contributed by atoms with Gasteiger partial charge in [-0.1, -0.05) is 22.9 Å². The van der Waals surface area contributed by atoms with Gasteiger partial charge >= 0.3 is 5.97 Å². The molecule has 0 heterocycles. The summed E-state index contributed by atoms with van der Waals surface area (Å²) in [5.41, 5.74) is 0.370. The lowest BCUT2D eigenvalue weighted by atomic mass is 10.2. The van der Waals surface area contributed by atoms with Crippen molar-refractivity contribution in [3.63, 3.8) is 0 Å². The van der Waals surface area contributed by atoms with Crippen molar-refractivity contribution < 1.29 is 9.90 Å². The normalized spacial score (nSPS) is 10.0. The standard InChI is InChI=1S/C9H9BrO2S/c1-2-13-8-5-6(10)3-4-7(8)9(11)12/h3-5H,2H2,1H3,(H,11,12). The number of thioether (sulfide) groups is 1. The summed E-state index contributed by atoms with van der Waals surface area (Å²) in [6.07, 6.45) is 0. The molecule has 2 nitrogen and oxygen atoms in total. The summed E-state index contributed by atoms with van der Waals surface area (Å²) in [7, 11) is 0. The third-order valence-corrected chi connectivity index (χ3v) is 2.90. The van der Waals surface area contributed by atoms with Crippen LogP contribution in [-0.4, -0.2) is 16.8 Å². The molecule has 0 bridgehead atoms. The average Bonchev–Trinajstić information content (AvgIpc) is 2.04. The first kappa shape index (κ1) is 10.6. The molecule has 0 atom stereocenters. The second-order valence-corrected chi connectivity index (χ2v) is 4.60. The topological polar surface area (TPSA) is 37.3 Å². The number of rotatable bonds is 3. The van der Waals surface area contributed by atoms with Gasteiger partial charge in [0.1, 0.15) is 0 Å². The monoisotopic (exact) mass is 260 g/mol. The molecule has 0 spiro atoms. The fourth-order valence-corrected chi connectivity index (χ4v) is 2.29. The molecule has 0 saturated heterocycles. The van der Waals surface area contributed by atoms with Gasteiger partial charge in [-0.2, -0.15) is 0 Å². The van der Waals surface area contributed by atoms with E-state index in [0.717, 1.165) is 15.1 Å². The van der Waals surface area contributed by atoms with Gasteiger partial charge in [0.15, 0.2) is 0 Å². The molecule has 0 aliphatic carbocycles. The largest absolute Gasteiger partial charge is 0.478 e. The highest BCUT2D eigenvalue weighted by Crippen LogP contribution is 2.26. The van der Waals surface area contributed by atoms with Crippen LogP contribution >= 0.6 is 27.7 Å². The maximum Gasteiger partial charge on any atom is 0.336 e. The minimum atomic E-state index is -0.872. The van der Waals surface area contributed by atoms with Crippen LogP contribution in [0.15, 0.2) is 27.6 Å². The third kappa shape index (κ3) is 2.74. The van der Waals surface area contributed by atoms with E-state index in [1.165, 1.54) is 11.8 Å². The Hall–Kier alpha value is -0.480. The number of carboxylic acids is 1. The van der Waals surface area contributed by atoms with E-state index in [4.69, 9.17) is 5.11 Å². The molecule has 0 aliphatic heterocycles. The van der Waals surface area contributed by atoms with Gasteiger partial charge in [-0.25, -0.2) is 4.79 Å². The van der Waals surface area contributed by atoms with E-state index >= 15 is 0 Å². The zero-order valence-electron chi connectivity index (χ0n) is 7.08. The summed E-state index contributed by atoms with van der Waals surface area (Å²) < 4.78 is 0.911. The number of hydrogen-bond donors (Lipinski definition) is 1. The van der Waals surface area contributed by atoms with Crippen molar-refractivity contribution in [1.82, 2.24) is 0 Å². The molecule has 0 aliphatic rings. The van der Waals surface area contributed by atoms with Crippen molar-refractivity contribution >= 4 is 33.7 Å². The second kappa shape index (κ2) is 4.67. The van der Waals surface area contributed by atoms with E-state index in [1.54, 1.807) is 12.1 Å². The maximum atomic E-state index is 10.8. The predicted octanol–water partition coefficient (Wildman–Crippen LogP) is 3.26. The first-order valence-corrected chi connectivity index (χ1v) is 5.58. The fourth-order valence-electron chi connectivity index (χ4n) is 0.948. The zero-order valence-corrected chi connectivity index (χ0v) is 9.48.